The molecule has 0 radical (unpaired) electrons. The first kappa shape index (κ1) is 19.2. The molecule has 2 aromatic rings. The van der Waals surface area contributed by atoms with Crippen LogP contribution in [0.2, 0.25) is 0 Å². The van der Waals surface area contributed by atoms with Crippen LogP contribution < -0.4 is 10.1 Å². The minimum absolute atomic E-state index is 0.0401. The van der Waals surface area contributed by atoms with Crippen molar-refractivity contribution in [1.82, 2.24) is 19.4 Å². The molecule has 0 aliphatic carbocycles. The van der Waals surface area contributed by atoms with Gasteiger partial charge in [0.1, 0.15) is 11.6 Å². The monoisotopic (exact) mass is 371 g/mol. The normalized spacial score (nSPS) is 15.0. The highest BCUT2D eigenvalue weighted by molar-refractivity contribution is 5.89. The second-order valence-corrected chi connectivity index (χ2v) is 6.61. The van der Waals surface area contributed by atoms with Crippen molar-refractivity contribution in [3.63, 3.8) is 0 Å². The van der Waals surface area contributed by atoms with Crippen LogP contribution in [0.1, 0.15) is 19.7 Å². The number of anilines is 1. The summed E-state index contributed by atoms with van der Waals surface area (Å²) in [7, 11) is 0. The SMILES string of the molecule is CCOc1ccc(NC(=O)N2CCN(CCn3ccnc3CC)CC2)cc1. The van der Waals surface area contributed by atoms with Gasteiger partial charge in [0.25, 0.3) is 0 Å². The lowest BCUT2D eigenvalue weighted by Crippen LogP contribution is -2.50. The van der Waals surface area contributed by atoms with Crippen LogP contribution in [0.3, 0.4) is 0 Å². The molecule has 0 atom stereocenters. The summed E-state index contributed by atoms with van der Waals surface area (Å²) >= 11 is 0. The second-order valence-electron chi connectivity index (χ2n) is 6.61. The Bertz CT molecular complexity index is 720. The molecule has 0 unspecified atom stereocenters. The van der Waals surface area contributed by atoms with Gasteiger partial charge in [-0.3, -0.25) is 4.90 Å². The number of amides is 2. The number of hydrogen-bond donors (Lipinski definition) is 1. The number of rotatable bonds is 7. The van der Waals surface area contributed by atoms with Gasteiger partial charge >= 0.3 is 6.03 Å². The van der Waals surface area contributed by atoms with Gasteiger partial charge in [-0.1, -0.05) is 6.92 Å². The number of aromatic nitrogens is 2. The van der Waals surface area contributed by atoms with Crippen molar-refractivity contribution in [2.24, 2.45) is 0 Å². The number of nitrogens with one attached hydrogen (secondary N) is 1. The molecule has 0 bridgehead atoms. The van der Waals surface area contributed by atoms with E-state index < -0.39 is 0 Å². The number of urea groups is 1. The number of aryl methyl sites for hydroxylation is 1. The minimum Gasteiger partial charge on any atom is -0.494 e. The molecule has 2 amide bonds. The fourth-order valence-electron chi connectivity index (χ4n) is 3.29. The standard InChI is InChI=1S/C20H29N5O2/c1-3-19-21-9-10-24(19)14-11-23-12-15-25(16-13-23)20(26)22-17-5-7-18(8-6-17)27-4-2/h5-10H,3-4,11-16H2,1-2H3,(H,22,26). The molecular weight excluding hydrogens is 342 g/mol. The molecule has 1 aliphatic heterocycles. The Labute approximate surface area is 160 Å². The van der Waals surface area contributed by atoms with Crippen LogP contribution in [0.4, 0.5) is 10.5 Å². The van der Waals surface area contributed by atoms with E-state index in [1.165, 1.54) is 0 Å². The van der Waals surface area contributed by atoms with E-state index in [1.807, 2.05) is 48.5 Å². The van der Waals surface area contributed by atoms with Crippen LogP contribution in [0, 0.1) is 0 Å². The highest BCUT2D eigenvalue weighted by atomic mass is 16.5. The van der Waals surface area contributed by atoms with Gasteiger partial charge in [-0.15, -0.1) is 0 Å². The number of carbonyl (C=O) groups is 1. The number of piperazine rings is 1. The molecule has 7 heteroatoms. The van der Waals surface area contributed by atoms with E-state index >= 15 is 0 Å². The molecule has 0 saturated carbocycles. The Kier molecular flexibility index (Phi) is 6.70. The van der Waals surface area contributed by atoms with E-state index in [-0.39, 0.29) is 6.03 Å². The van der Waals surface area contributed by atoms with Crippen LogP contribution in [0.25, 0.3) is 0 Å². The first-order valence-corrected chi connectivity index (χ1v) is 9.70. The van der Waals surface area contributed by atoms with Gasteiger partial charge in [-0.2, -0.15) is 0 Å². The summed E-state index contributed by atoms with van der Waals surface area (Å²) < 4.78 is 7.64. The highest BCUT2D eigenvalue weighted by Crippen LogP contribution is 2.16. The molecular formula is C20H29N5O2. The third-order valence-corrected chi connectivity index (χ3v) is 4.85. The molecule has 27 heavy (non-hydrogen) atoms. The Hall–Kier alpha value is -2.54. The van der Waals surface area contributed by atoms with Gasteiger partial charge < -0.3 is 19.5 Å². The quantitative estimate of drug-likeness (QED) is 0.813. The zero-order valence-electron chi connectivity index (χ0n) is 16.2. The molecule has 1 aromatic heterocycles. The maximum absolute atomic E-state index is 12.5. The van der Waals surface area contributed by atoms with E-state index in [0.29, 0.717) is 6.61 Å². The third-order valence-electron chi connectivity index (χ3n) is 4.85. The largest absolute Gasteiger partial charge is 0.494 e. The van der Waals surface area contributed by atoms with Gasteiger partial charge in [0, 0.05) is 63.8 Å². The van der Waals surface area contributed by atoms with Crippen LogP contribution in [-0.4, -0.2) is 64.7 Å². The summed E-state index contributed by atoms with van der Waals surface area (Å²) in [6, 6.07) is 7.45. The van der Waals surface area contributed by atoms with Gasteiger partial charge in [0.05, 0.1) is 6.61 Å². The number of benzene rings is 1. The Morgan fingerprint density at radius 1 is 1.11 bits per heavy atom. The summed E-state index contributed by atoms with van der Waals surface area (Å²) in [5, 5.41) is 2.97. The van der Waals surface area contributed by atoms with Crippen molar-refractivity contribution in [3.8, 4) is 5.75 Å². The maximum Gasteiger partial charge on any atom is 0.321 e. The first-order chi connectivity index (χ1) is 13.2. The average molecular weight is 371 g/mol. The lowest BCUT2D eigenvalue weighted by molar-refractivity contribution is 0.144. The zero-order chi connectivity index (χ0) is 19.1. The van der Waals surface area contributed by atoms with E-state index in [0.717, 1.165) is 63.0 Å². The maximum atomic E-state index is 12.5. The highest BCUT2D eigenvalue weighted by Gasteiger charge is 2.21. The lowest BCUT2D eigenvalue weighted by Gasteiger charge is -2.34. The number of nitrogens with zero attached hydrogens (tertiary/aromatic N) is 4. The van der Waals surface area contributed by atoms with E-state index in [2.05, 4.69) is 26.7 Å². The Balaban J connectivity index is 1.42. The van der Waals surface area contributed by atoms with Crippen molar-refractivity contribution in [3.05, 3.63) is 42.5 Å². The van der Waals surface area contributed by atoms with Gasteiger partial charge in [-0.25, -0.2) is 9.78 Å². The second kappa shape index (κ2) is 9.41. The van der Waals surface area contributed by atoms with Gasteiger partial charge in [0.2, 0.25) is 0 Å². The Morgan fingerprint density at radius 3 is 2.52 bits per heavy atom. The topological polar surface area (TPSA) is 62.6 Å². The van der Waals surface area contributed by atoms with Crippen molar-refractivity contribution >= 4 is 11.7 Å². The fourth-order valence-corrected chi connectivity index (χ4v) is 3.29. The van der Waals surface area contributed by atoms with Crippen molar-refractivity contribution in [2.45, 2.75) is 26.8 Å². The molecule has 1 N–H and O–H groups in total. The predicted octanol–water partition coefficient (Wildman–Crippen LogP) is 2.69. The van der Waals surface area contributed by atoms with Crippen molar-refractivity contribution in [2.75, 3.05) is 44.6 Å². The number of hydrogen-bond acceptors (Lipinski definition) is 4. The molecule has 1 aromatic carbocycles. The summed E-state index contributed by atoms with van der Waals surface area (Å²) in [4.78, 5) is 21.1. The number of ether oxygens (including phenoxy) is 1. The third kappa shape index (κ3) is 5.23. The van der Waals surface area contributed by atoms with Crippen molar-refractivity contribution < 1.29 is 9.53 Å². The van der Waals surface area contributed by atoms with Gasteiger partial charge in [-0.05, 0) is 31.2 Å². The summed E-state index contributed by atoms with van der Waals surface area (Å²) in [5.74, 6) is 1.94. The van der Waals surface area contributed by atoms with Gasteiger partial charge in [0.15, 0.2) is 0 Å². The lowest BCUT2D eigenvalue weighted by atomic mass is 10.3. The average Bonchev–Trinajstić information content (AvgIpc) is 3.16. The smallest absolute Gasteiger partial charge is 0.321 e. The molecule has 0 spiro atoms. The molecule has 146 valence electrons. The van der Waals surface area contributed by atoms with Crippen LogP contribution >= 0.6 is 0 Å². The fraction of sp³-hybridized carbons (Fsp3) is 0.500. The number of imidazole rings is 1. The summed E-state index contributed by atoms with van der Waals surface area (Å²) in [6.07, 6.45) is 4.86. The number of carbonyl (C=O) groups excluding carboxylic acids is 1. The van der Waals surface area contributed by atoms with E-state index in [4.69, 9.17) is 4.74 Å². The molecule has 1 saturated heterocycles. The zero-order valence-corrected chi connectivity index (χ0v) is 16.2. The molecule has 2 heterocycles. The first-order valence-electron chi connectivity index (χ1n) is 9.70. The molecule has 3 rings (SSSR count). The molecule has 1 aliphatic rings. The van der Waals surface area contributed by atoms with E-state index in [1.54, 1.807) is 0 Å². The van der Waals surface area contributed by atoms with Crippen molar-refractivity contribution in [1.29, 1.82) is 0 Å². The van der Waals surface area contributed by atoms with Crippen LogP contribution in [-0.2, 0) is 13.0 Å². The molecule has 1 fully saturated rings. The summed E-state index contributed by atoms with van der Waals surface area (Å²) in [6.45, 7) is 9.92. The predicted molar refractivity (Wildman–Crippen MR) is 106 cm³/mol. The van der Waals surface area contributed by atoms with Crippen LogP contribution in [0.15, 0.2) is 36.7 Å². The molecule has 7 nitrogen and oxygen atoms in total. The summed E-state index contributed by atoms with van der Waals surface area (Å²) in [5.41, 5.74) is 0.790. The minimum atomic E-state index is -0.0401. The van der Waals surface area contributed by atoms with E-state index in [9.17, 15) is 4.79 Å². The Morgan fingerprint density at radius 2 is 1.85 bits per heavy atom. The van der Waals surface area contributed by atoms with Crippen LogP contribution in [0.5, 0.6) is 5.75 Å².